The number of anilines is 1. The van der Waals surface area contributed by atoms with Crippen molar-refractivity contribution in [1.29, 1.82) is 0 Å². The molecule has 1 heterocycles. The lowest BCUT2D eigenvalue weighted by atomic mass is 10.3. The number of rotatable bonds is 4. The first-order chi connectivity index (χ1) is 9.36. The van der Waals surface area contributed by atoms with Gasteiger partial charge in [0, 0.05) is 4.47 Å². The first-order valence-electron chi connectivity index (χ1n) is 5.20. The van der Waals surface area contributed by atoms with E-state index in [1.807, 2.05) is 0 Å². The fourth-order valence-electron chi connectivity index (χ4n) is 1.49. The van der Waals surface area contributed by atoms with Crippen molar-refractivity contribution in [3.63, 3.8) is 0 Å². The molecule has 0 amide bonds. The molecule has 0 aliphatic heterocycles. The maximum Gasteiger partial charge on any atom is 0.263 e. The standard InChI is InChI=1S/C11H8BrCl2NO3S2/c12-6-1-2-7(11(14)10(6)13)15-20(17,18)9-3-4-19-8(9)5-16/h1-4,15-16H,5H2. The number of nitrogens with one attached hydrogen (secondary N) is 1. The summed E-state index contributed by atoms with van der Waals surface area (Å²) in [6.45, 7) is -0.345. The number of hydrogen-bond donors (Lipinski definition) is 2. The zero-order valence-electron chi connectivity index (χ0n) is 9.73. The van der Waals surface area contributed by atoms with Gasteiger partial charge in [0.1, 0.15) is 4.90 Å². The predicted octanol–water partition coefficient (Wildman–Crippen LogP) is 4.11. The summed E-state index contributed by atoms with van der Waals surface area (Å²) in [6, 6.07) is 4.51. The van der Waals surface area contributed by atoms with Crippen molar-refractivity contribution in [3.8, 4) is 0 Å². The highest BCUT2D eigenvalue weighted by Gasteiger charge is 2.21. The maximum atomic E-state index is 12.3. The SMILES string of the molecule is O=S(=O)(Nc1ccc(Br)c(Cl)c1Cl)c1ccsc1CO. The fraction of sp³-hybridized carbons (Fsp3) is 0.0909. The van der Waals surface area contributed by atoms with Gasteiger partial charge in [-0.2, -0.15) is 0 Å². The summed E-state index contributed by atoms with van der Waals surface area (Å²) in [5, 5.41) is 11.1. The highest BCUT2D eigenvalue weighted by atomic mass is 79.9. The molecule has 0 saturated heterocycles. The van der Waals surface area contributed by atoms with Gasteiger partial charge >= 0.3 is 0 Å². The Hall–Kier alpha value is -0.310. The molecule has 108 valence electrons. The number of aliphatic hydroxyl groups is 1. The highest BCUT2D eigenvalue weighted by Crippen LogP contribution is 2.37. The van der Waals surface area contributed by atoms with Crippen LogP contribution in [0, 0.1) is 0 Å². The molecule has 2 rings (SSSR count). The summed E-state index contributed by atoms with van der Waals surface area (Å²) in [5.74, 6) is 0. The van der Waals surface area contributed by atoms with E-state index in [-0.39, 0.29) is 27.2 Å². The van der Waals surface area contributed by atoms with Crippen molar-refractivity contribution in [2.75, 3.05) is 4.72 Å². The van der Waals surface area contributed by atoms with E-state index in [0.29, 0.717) is 9.35 Å². The van der Waals surface area contributed by atoms with Gasteiger partial charge in [-0.25, -0.2) is 8.42 Å². The molecule has 0 aliphatic rings. The maximum absolute atomic E-state index is 12.3. The van der Waals surface area contributed by atoms with E-state index in [0.717, 1.165) is 11.3 Å². The second kappa shape index (κ2) is 6.21. The van der Waals surface area contributed by atoms with Crippen molar-refractivity contribution in [2.45, 2.75) is 11.5 Å². The normalized spacial score (nSPS) is 11.6. The van der Waals surface area contributed by atoms with Crippen molar-refractivity contribution < 1.29 is 13.5 Å². The topological polar surface area (TPSA) is 66.4 Å². The van der Waals surface area contributed by atoms with Gasteiger partial charge in [0.2, 0.25) is 0 Å². The molecule has 4 nitrogen and oxygen atoms in total. The van der Waals surface area contributed by atoms with Crippen molar-refractivity contribution >= 4 is 66.2 Å². The third-order valence-electron chi connectivity index (χ3n) is 2.42. The van der Waals surface area contributed by atoms with E-state index in [4.69, 9.17) is 28.3 Å². The van der Waals surface area contributed by atoms with Crippen LogP contribution in [0.25, 0.3) is 0 Å². The van der Waals surface area contributed by atoms with Gasteiger partial charge in [0.25, 0.3) is 10.0 Å². The Morgan fingerprint density at radius 3 is 2.60 bits per heavy atom. The number of sulfonamides is 1. The van der Waals surface area contributed by atoms with Gasteiger partial charge in [-0.15, -0.1) is 11.3 Å². The van der Waals surface area contributed by atoms with E-state index in [2.05, 4.69) is 20.7 Å². The van der Waals surface area contributed by atoms with E-state index in [1.165, 1.54) is 12.1 Å². The minimum Gasteiger partial charge on any atom is -0.391 e. The molecule has 9 heteroatoms. The molecule has 1 aromatic heterocycles. The van der Waals surface area contributed by atoms with Gasteiger partial charge < -0.3 is 5.11 Å². The second-order valence-corrected chi connectivity index (χ2v) is 7.96. The highest BCUT2D eigenvalue weighted by molar-refractivity contribution is 9.10. The van der Waals surface area contributed by atoms with E-state index < -0.39 is 10.0 Å². The molecule has 1 aromatic carbocycles. The van der Waals surface area contributed by atoms with Crippen LogP contribution in [0.15, 0.2) is 32.9 Å². The van der Waals surface area contributed by atoms with Crippen LogP contribution in [0.2, 0.25) is 10.0 Å². The average Bonchev–Trinajstić information content (AvgIpc) is 2.89. The Balaban J connectivity index is 2.42. The Bertz CT molecular complexity index is 746. The lowest BCUT2D eigenvalue weighted by Gasteiger charge is -2.11. The van der Waals surface area contributed by atoms with E-state index in [9.17, 15) is 8.42 Å². The number of hydrogen-bond acceptors (Lipinski definition) is 4. The molecule has 0 fully saturated rings. The monoisotopic (exact) mass is 415 g/mol. The van der Waals surface area contributed by atoms with Crippen LogP contribution < -0.4 is 4.72 Å². The van der Waals surface area contributed by atoms with Crippen LogP contribution in [0.5, 0.6) is 0 Å². The molecule has 0 radical (unpaired) electrons. The Morgan fingerprint density at radius 1 is 1.25 bits per heavy atom. The van der Waals surface area contributed by atoms with Gasteiger partial charge in [-0.1, -0.05) is 23.2 Å². The molecule has 0 aliphatic carbocycles. The molecule has 0 saturated carbocycles. The molecule has 0 spiro atoms. The predicted molar refractivity (Wildman–Crippen MR) is 85.2 cm³/mol. The van der Waals surface area contributed by atoms with Gasteiger partial charge in [0.05, 0.1) is 27.2 Å². The van der Waals surface area contributed by atoms with Crippen molar-refractivity contribution in [3.05, 3.63) is 43.0 Å². The van der Waals surface area contributed by atoms with E-state index in [1.54, 1.807) is 11.4 Å². The van der Waals surface area contributed by atoms with Gasteiger partial charge in [0.15, 0.2) is 0 Å². The largest absolute Gasteiger partial charge is 0.391 e. The van der Waals surface area contributed by atoms with Gasteiger partial charge in [-0.05, 0) is 39.5 Å². The lowest BCUT2D eigenvalue weighted by molar-refractivity contribution is 0.282. The van der Waals surface area contributed by atoms with Crippen LogP contribution in [0.1, 0.15) is 4.88 Å². The van der Waals surface area contributed by atoms with Crippen LogP contribution in [-0.2, 0) is 16.6 Å². The van der Waals surface area contributed by atoms with Crippen molar-refractivity contribution in [1.82, 2.24) is 0 Å². The first-order valence-corrected chi connectivity index (χ1v) is 9.11. The third-order valence-corrected chi connectivity index (χ3v) is 6.67. The minimum absolute atomic E-state index is 0.0279. The minimum atomic E-state index is -3.82. The van der Waals surface area contributed by atoms with E-state index >= 15 is 0 Å². The van der Waals surface area contributed by atoms with Crippen molar-refractivity contribution in [2.24, 2.45) is 0 Å². The second-order valence-electron chi connectivity index (χ2n) is 3.69. The molecule has 2 aromatic rings. The number of thiophene rings is 1. The summed E-state index contributed by atoms with van der Waals surface area (Å²) in [4.78, 5) is 0.386. The summed E-state index contributed by atoms with van der Waals surface area (Å²) in [7, 11) is -3.82. The third kappa shape index (κ3) is 3.13. The number of aliphatic hydroxyl groups excluding tert-OH is 1. The fourth-order valence-corrected chi connectivity index (χ4v) is 4.73. The molecule has 0 bridgehead atoms. The Morgan fingerprint density at radius 2 is 1.95 bits per heavy atom. The number of halogens is 3. The zero-order chi connectivity index (χ0) is 14.9. The lowest BCUT2D eigenvalue weighted by Crippen LogP contribution is -2.14. The molecular weight excluding hydrogens is 409 g/mol. The summed E-state index contributed by atoms with van der Waals surface area (Å²) in [5.41, 5.74) is 0.176. The Labute approximate surface area is 138 Å². The quantitative estimate of drug-likeness (QED) is 0.737. The molecule has 0 unspecified atom stereocenters. The average molecular weight is 417 g/mol. The number of benzene rings is 1. The van der Waals surface area contributed by atoms with Crippen LogP contribution >= 0.6 is 50.5 Å². The molecule has 2 N–H and O–H groups in total. The smallest absolute Gasteiger partial charge is 0.263 e. The van der Waals surface area contributed by atoms with Crippen LogP contribution in [0.3, 0.4) is 0 Å². The molecule has 0 atom stereocenters. The van der Waals surface area contributed by atoms with Crippen LogP contribution in [-0.4, -0.2) is 13.5 Å². The molecular formula is C11H8BrCl2NO3S2. The Kier molecular flexibility index (Phi) is 4.99. The van der Waals surface area contributed by atoms with Crippen LogP contribution in [0.4, 0.5) is 5.69 Å². The zero-order valence-corrected chi connectivity index (χ0v) is 14.5. The summed E-state index contributed by atoms with van der Waals surface area (Å²) >= 11 is 16.3. The summed E-state index contributed by atoms with van der Waals surface area (Å²) < 4.78 is 27.5. The van der Waals surface area contributed by atoms with Gasteiger partial charge in [-0.3, -0.25) is 4.72 Å². The first kappa shape index (κ1) is 16.1. The summed E-state index contributed by atoms with van der Waals surface area (Å²) in [6.07, 6.45) is 0. The molecule has 20 heavy (non-hydrogen) atoms.